The first-order chi connectivity index (χ1) is 7.29. The van der Waals surface area contributed by atoms with E-state index in [-0.39, 0.29) is 12.6 Å². The van der Waals surface area contributed by atoms with E-state index in [9.17, 15) is 5.11 Å². The summed E-state index contributed by atoms with van der Waals surface area (Å²) in [4.78, 5) is 4.17. The summed E-state index contributed by atoms with van der Waals surface area (Å²) in [6.07, 6.45) is 7.30. The van der Waals surface area contributed by atoms with Crippen molar-refractivity contribution in [1.82, 2.24) is 14.9 Å². The van der Waals surface area contributed by atoms with Crippen LogP contribution >= 0.6 is 0 Å². The lowest BCUT2D eigenvalue weighted by atomic mass is 10.2. The Morgan fingerprint density at radius 3 is 3.00 bits per heavy atom. The molecule has 0 radical (unpaired) electrons. The quantitative estimate of drug-likeness (QED) is 0.725. The van der Waals surface area contributed by atoms with Crippen LogP contribution in [-0.2, 0) is 6.54 Å². The Balaban J connectivity index is 1.77. The van der Waals surface area contributed by atoms with Gasteiger partial charge in [-0.1, -0.05) is 0 Å². The van der Waals surface area contributed by atoms with E-state index in [1.807, 2.05) is 19.3 Å². The second-order valence-corrected chi connectivity index (χ2v) is 4.28. The number of rotatable bonds is 6. The molecule has 4 nitrogen and oxygen atoms in total. The topological polar surface area (TPSA) is 50.1 Å². The van der Waals surface area contributed by atoms with Crippen molar-refractivity contribution in [2.45, 2.75) is 44.8 Å². The summed E-state index contributed by atoms with van der Waals surface area (Å²) >= 11 is 0. The standard InChI is InChI=1S/C11H19N3O/c1-9-12-5-7-14(9)6-4-11(8-15)13-10-2-3-10/h5,7,10-11,13,15H,2-4,6,8H2,1H3. The third-order valence-corrected chi connectivity index (χ3v) is 2.91. The number of aliphatic hydroxyl groups excluding tert-OH is 1. The number of imidazole rings is 1. The van der Waals surface area contributed by atoms with Crippen LogP contribution in [0.15, 0.2) is 12.4 Å². The highest BCUT2D eigenvalue weighted by Crippen LogP contribution is 2.20. The van der Waals surface area contributed by atoms with E-state index >= 15 is 0 Å². The third kappa shape index (κ3) is 3.04. The minimum Gasteiger partial charge on any atom is -0.395 e. The van der Waals surface area contributed by atoms with E-state index in [0.717, 1.165) is 18.8 Å². The van der Waals surface area contributed by atoms with Crippen molar-refractivity contribution in [3.63, 3.8) is 0 Å². The number of aromatic nitrogens is 2. The fourth-order valence-corrected chi connectivity index (χ4v) is 1.75. The van der Waals surface area contributed by atoms with Gasteiger partial charge in [0.05, 0.1) is 6.61 Å². The van der Waals surface area contributed by atoms with Crippen LogP contribution in [0.2, 0.25) is 0 Å². The maximum atomic E-state index is 9.21. The molecule has 1 heterocycles. The SMILES string of the molecule is Cc1nccn1CCC(CO)NC1CC1. The number of aryl methyl sites for hydroxylation is 2. The van der Waals surface area contributed by atoms with Gasteiger partial charge in [-0.2, -0.15) is 0 Å². The summed E-state index contributed by atoms with van der Waals surface area (Å²) in [5.74, 6) is 1.04. The molecule has 15 heavy (non-hydrogen) atoms. The van der Waals surface area contributed by atoms with Crippen molar-refractivity contribution in [2.24, 2.45) is 0 Å². The molecule has 1 aliphatic carbocycles. The van der Waals surface area contributed by atoms with Gasteiger partial charge in [-0.25, -0.2) is 4.98 Å². The molecule has 0 spiro atoms. The molecule has 2 N–H and O–H groups in total. The molecule has 4 heteroatoms. The molecule has 1 atom stereocenters. The fourth-order valence-electron chi connectivity index (χ4n) is 1.75. The Labute approximate surface area is 90.3 Å². The molecule has 1 fully saturated rings. The molecule has 84 valence electrons. The van der Waals surface area contributed by atoms with Crippen molar-refractivity contribution < 1.29 is 5.11 Å². The zero-order valence-electron chi connectivity index (χ0n) is 9.19. The summed E-state index contributed by atoms with van der Waals surface area (Å²) in [7, 11) is 0. The van der Waals surface area contributed by atoms with Gasteiger partial charge in [0.25, 0.3) is 0 Å². The molecule has 0 bridgehead atoms. The summed E-state index contributed by atoms with van der Waals surface area (Å²) in [6.45, 7) is 3.16. The smallest absolute Gasteiger partial charge is 0.105 e. The van der Waals surface area contributed by atoms with Gasteiger partial charge < -0.3 is 15.0 Å². The second kappa shape index (κ2) is 4.77. The lowest BCUT2D eigenvalue weighted by Crippen LogP contribution is -2.35. The average Bonchev–Trinajstić information content (AvgIpc) is 2.96. The molecule has 0 aromatic carbocycles. The Morgan fingerprint density at radius 2 is 2.47 bits per heavy atom. The molecule has 2 rings (SSSR count). The van der Waals surface area contributed by atoms with Crippen molar-refractivity contribution in [2.75, 3.05) is 6.61 Å². The van der Waals surface area contributed by atoms with Gasteiger partial charge in [-0.15, -0.1) is 0 Å². The van der Waals surface area contributed by atoms with Crippen molar-refractivity contribution in [3.05, 3.63) is 18.2 Å². The number of nitrogens with one attached hydrogen (secondary N) is 1. The predicted octanol–water partition coefficient (Wildman–Crippen LogP) is 0.695. The summed E-state index contributed by atoms with van der Waals surface area (Å²) in [5.41, 5.74) is 0. The number of hydrogen-bond acceptors (Lipinski definition) is 3. The lowest BCUT2D eigenvalue weighted by Gasteiger charge is -2.16. The van der Waals surface area contributed by atoms with Gasteiger partial charge in [0.15, 0.2) is 0 Å². The number of nitrogens with zero attached hydrogens (tertiary/aromatic N) is 2. The molecule has 1 aromatic heterocycles. The molecule has 1 saturated carbocycles. The normalized spacial score (nSPS) is 18.0. The average molecular weight is 209 g/mol. The van der Waals surface area contributed by atoms with E-state index in [1.165, 1.54) is 12.8 Å². The van der Waals surface area contributed by atoms with Gasteiger partial charge in [-0.05, 0) is 26.2 Å². The van der Waals surface area contributed by atoms with Crippen molar-refractivity contribution >= 4 is 0 Å². The van der Waals surface area contributed by atoms with Gasteiger partial charge in [0.1, 0.15) is 5.82 Å². The molecular weight excluding hydrogens is 190 g/mol. The van der Waals surface area contributed by atoms with Crippen LogP contribution in [0, 0.1) is 6.92 Å². The summed E-state index contributed by atoms with van der Waals surface area (Å²) in [5, 5.41) is 12.7. The van der Waals surface area contributed by atoms with E-state index in [2.05, 4.69) is 14.9 Å². The zero-order chi connectivity index (χ0) is 10.7. The van der Waals surface area contributed by atoms with Gasteiger partial charge in [0, 0.05) is 31.0 Å². The fraction of sp³-hybridized carbons (Fsp3) is 0.727. The molecule has 1 aromatic rings. The first kappa shape index (κ1) is 10.6. The lowest BCUT2D eigenvalue weighted by molar-refractivity contribution is 0.230. The van der Waals surface area contributed by atoms with E-state index in [1.54, 1.807) is 0 Å². The molecule has 0 amide bonds. The Kier molecular flexibility index (Phi) is 3.38. The second-order valence-electron chi connectivity index (χ2n) is 4.28. The van der Waals surface area contributed by atoms with E-state index in [4.69, 9.17) is 0 Å². The first-order valence-electron chi connectivity index (χ1n) is 5.64. The monoisotopic (exact) mass is 209 g/mol. The number of hydrogen-bond donors (Lipinski definition) is 2. The van der Waals surface area contributed by atoms with Gasteiger partial charge in [-0.3, -0.25) is 0 Å². The van der Waals surface area contributed by atoms with Crippen LogP contribution < -0.4 is 5.32 Å². The highest BCUT2D eigenvalue weighted by Gasteiger charge is 2.23. The first-order valence-corrected chi connectivity index (χ1v) is 5.64. The summed E-state index contributed by atoms with van der Waals surface area (Å²) < 4.78 is 2.12. The summed E-state index contributed by atoms with van der Waals surface area (Å²) in [6, 6.07) is 0.894. The maximum Gasteiger partial charge on any atom is 0.105 e. The number of aliphatic hydroxyl groups is 1. The van der Waals surface area contributed by atoms with Crippen LogP contribution in [0.1, 0.15) is 25.1 Å². The van der Waals surface area contributed by atoms with Gasteiger partial charge >= 0.3 is 0 Å². The highest BCUT2D eigenvalue weighted by atomic mass is 16.3. The Hall–Kier alpha value is -0.870. The zero-order valence-corrected chi connectivity index (χ0v) is 9.19. The third-order valence-electron chi connectivity index (χ3n) is 2.91. The minimum atomic E-state index is 0.226. The molecular formula is C11H19N3O. The van der Waals surface area contributed by atoms with E-state index < -0.39 is 0 Å². The molecule has 0 saturated heterocycles. The molecule has 1 aliphatic rings. The van der Waals surface area contributed by atoms with Crippen molar-refractivity contribution in [1.29, 1.82) is 0 Å². The van der Waals surface area contributed by atoms with Crippen LogP contribution in [0.5, 0.6) is 0 Å². The Morgan fingerprint density at radius 1 is 1.67 bits per heavy atom. The van der Waals surface area contributed by atoms with Crippen LogP contribution in [0.4, 0.5) is 0 Å². The van der Waals surface area contributed by atoms with Crippen LogP contribution in [0.25, 0.3) is 0 Å². The van der Waals surface area contributed by atoms with Gasteiger partial charge in [0.2, 0.25) is 0 Å². The Bertz CT molecular complexity index is 307. The van der Waals surface area contributed by atoms with Crippen molar-refractivity contribution in [3.8, 4) is 0 Å². The largest absolute Gasteiger partial charge is 0.395 e. The minimum absolute atomic E-state index is 0.226. The maximum absolute atomic E-state index is 9.21. The van der Waals surface area contributed by atoms with Crippen LogP contribution in [0.3, 0.4) is 0 Å². The predicted molar refractivity (Wildman–Crippen MR) is 58.6 cm³/mol. The molecule has 0 aliphatic heterocycles. The van der Waals surface area contributed by atoms with E-state index in [0.29, 0.717) is 6.04 Å². The highest BCUT2D eigenvalue weighted by molar-refractivity contribution is 4.89. The van der Waals surface area contributed by atoms with Crippen LogP contribution in [-0.4, -0.2) is 33.3 Å². The molecule has 1 unspecified atom stereocenters.